The Morgan fingerprint density at radius 2 is 2.12 bits per heavy atom. The fraction of sp³-hybridized carbons (Fsp3) is 0.773. The summed E-state index contributed by atoms with van der Waals surface area (Å²) in [5.74, 6) is 2.87. The monoisotopic (exact) mass is 360 g/mol. The molecular weight excluding hydrogens is 328 g/mol. The molecule has 4 heteroatoms. The van der Waals surface area contributed by atoms with Crippen molar-refractivity contribution >= 4 is 5.97 Å². The average Bonchev–Trinajstić information content (AvgIpc) is 3.19. The van der Waals surface area contributed by atoms with Gasteiger partial charge in [-0.3, -0.25) is 4.79 Å². The number of ether oxygens (including phenoxy) is 2. The summed E-state index contributed by atoms with van der Waals surface area (Å²) in [7, 11) is 0. The molecule has 4 aliphatic rings. The number of epoxide rings is 1. The van der Waals surface area contributed by atoms with Crippen molar-refractivity contribution in [3.8, 4) is 0 Å². The molecule has 3 saturated carbocycles. The van der Waals surface area contributed by atoms with Gasteiger partial charge in [-0.1, -0.05) is 32.9 Å². The number of carbonyl (C=O) groups excluding carboxylic acids is 1. The van der Waals surface area contributed by atoms with E-state index in [2.05, 4.69) is 20.4 Å². The highest BCUT2D eigenvalue weighted by atomic mass is 16.6. The fourth-order valence-electron chi connectivity index (χ4n) is 6.60. The number of hydrogen-bond acceptors (Lipinski definition) is 4. The lowest BCUT2D eigenvalue weighted by atomic mass is 9.46. The van der Waals surface area contributed by atoms with Crippen LogP contribution in [0.4, 0.5) is 0 Å². The Bertz CT molecular complexity index is 653. The van der Waals surface area contributed by atoms with Crippen LogP contribution in [0.25, 0.3) is 0 Å². The number of rotatable bonds is 5. The minimum absolute atomic E-state index is 0.0407. The lowest BCUT2D eigenvalue weighted by Gasteiger charge is -2.58. The summed E-state index contributed by atoms with van der Waals surface area (Å²) >= 11 is 0. The predicted molar refractivity (Wildman–Crippen MR) is 99.3 cm³/mol. The average molecular weight is 360 g/mol. The van der Waals surface area contributed by atoms with Crippen LogP contribution in [0.3, 0.4) is 0 Å². The van der Waals surface area contributed by atoms with Crippen LogP contribution in [-0.4, -0.2) is 36.0 Å². The lowest BCUT2D eigenvalue weighted by molar-refractivity contribution is -0.143. The lowest BCUT2D eigenvalue weighted by Crippen LogP contribution is -2.57. The summed E-state index contributed by atoms with van der Waals surface area (Å²) in [5, 5.41) is 10.8. The van der Waals surface area contributed by atoms with Crippen molar-refractivity contribution < 1.29 is 19.4 Å². The zero-order chi connectivity index (χ0) is 18.8. The number of hydrogen-bond donors (Lipinski definition) is 1. The van der Waals surface area contributed by atoms with Gasteiger partial charge < -0.3 is 14.6 Å². The van der Waals surface area contributed by atoms with E-state index in [1.807, 2.05) is 13.0 Å². The Morgan fingerprint density at radius 3 is 2.81 bits per heavy atom. The molecule has 9 atom stereocenters. The van der Waals surface area contributed by atoms with Gasteiger partial charge in [-0.05, 0) is 60.5 Å². The number of carbonyl (C=O) groups is 1. The smallest absolute Gasteiger partial charge is 0.302 e. The Kier molecular flexibility index (Phi) is 4.35. The SMILES string of the molecule is C=C(C1CC(O)C2(C)C3CCC(C)C3C12)C1OC1C=C(C)COC(C)=O. The normalized spacial score (nSPS) is 49.2. The van der Waals surface area contributed by atoms with Crippen LogP contribution in [0.2, 0.25) is 0 Å². The van der Waals surface area contributed by atoms with Gasteiger partial charge in [0.25, 0.3) is 0 Å². The highest BCUT2D eigenvalue weighted by Crippen LogP contribution is 2.73. The number of aliphatic hydroxyl groups is 1. The van der Waals surface area contributed by atoms with Crippen LogP contribution in [-0.2, 0) is 14.3 Å². The molecule has 1 saturated heterocycles. The van der Waals surface area contributed by atoms with Gasteiger partial charge in [-0.25, -0.2) is 0 Å². The summed E-state index contributed by atoms with van der Waals surface area (Å²) in [5.41, 5.74) is 2.25. The maximum atomic E-state index is 10.9. The highest BCUT2D eigenvalue weighted by Gasteiger charge is 2.71. The highest BCUT2D eigenvalue weighted by molar-refractivity contribution is 5.66. The molecular formula is C22H32O4. The topological polar surface area (TPSA) is 59.1 Å². The minimum Gasteiger partial charge on any atom is -0.461 e. The van der Waals surface area contributed by atoms with Gasteiger partial charge >= 0.3 is 5.97 Å². The quantitative estimate of drug-likeness (QED) is 0.463. The molecule has 26 heavy (non-hydrogen) atoms. The first-order chi connectivity index (χ1) is 12.2. The molecule has 0 radical (unpaired) electrons. The van der Waals surface area contributed by atoms with E-state index in [0.29, 0.717) is 24.4 Å². The molecule has 1 aliphatic heterocycles. The van der Waals surface area contributed by atoms with Crippen LogP contribution in [0.15, 0.2) is 23.8 Å². The Hall–Kier alpha value is -1.13. The van der Waals surface area contributed by atoms with E-state index in [4.69, 9.17) is 9.47 Å². The van der Waals surface area contributed by atoms with Crippen molar-refractivity contribution in [3.63, 3.8) is 0 Å². The van der Waals surface area contributed by atoms with Gasteiger partial charge in [0.2, 0.25) is 0 Å². The molecule has 4 fully saturated rings. The van der Waals surface area contributed by atoms with E-state index in [1.165, 1.54) is 19.8 Å². The number of fused-ring (bicyclic) bond motifs is 4. The van der Waals surface area contributed by atoms with E-state index >= 15 is 0 Å². The van der Waals surface area contributed by atoms with E-state index in [-0.39, 0.29) is 29.7 Å². The first-order valence-electron chi connectivity index (χ1n) is 10.1. The van der Waals surface area contributed by atoms with Gasteiger partial charge in [-0.2, -0.15) is 0 Å². The van der Waals surface area contributed by atoms with Crippen LogP contribution in [0.5, 0.6) is 0 Å². The molecule has 0 aromatic heterocycles. The van der Waals surface area contributed by atoms with E-state index in [1.54, 1.807) is 0 Å². The van der Waals surface area contributed by atoms with Crippen molar-refractivity contribution in [1.82, 2.24) is 0 Å². The molecule has 3 aliphatic carbocycles. The second-order valence-electron chi connectivity index (χ2n) is 9.38. The largest absolute Gasteiger partial charge is 0.461 e. The van der Waals surface area contributed by atoms with Gasteiger partial charge in [0.1, 0.15) is 18.8 Å². The second kappa shape index (κ2) is 6.20. The summed E-state index contributed by atoms with van der Waals surface area (Å²) < 4.78 is 10.9. The number of esters is 1. The summed E-state index contributed by atoms with van der Waals surface area (Å²) in [6.07, 6.45) is 5.34. The Balaban J connectivity index is 1.42. The van der Waals surface area contributed by atoms with Gasteiger partial charge in [0.05, 0.1) is 6.10 Å². The van der Waals surface area contributed by atoms with E-state index in [0.717, 1.165) is 29.4 Å². The molecule has 1 heterocycles. The summed E-state index contributed by atoms with van der Waals surface area (Å²) in [4.78, 5) is 10.9. The molecule has 4 nitrogen and oxygen atoms in total. The third-order valence-electron chi connectivity index (χ3n) is 7.93. The molecule has 0 aromatic carbocycles. The Labute approximate surface area is 156 Å². The molecule has 0 spiro atoms. The van der Waals surface area contributed by atoms with Crippen molar-refractivity contribution in [2.45, 2.75) is 65.3 Å². The molecule has 0 aromatic rings. The van der Waals surface area contributed by atoms with E-state index in [9.17, 15) is 9.90 Å². The first kappa shape index (κ1) is 18.2. The maximum absolute atomic E-state index is 10.9. The Morgan fingerprint density at radius 1 is 1.38 bits per heavy atom. The first-order valence-corrected chi connectivity index (χ1v) is 10.1. The van der Waals surface area contributed by atoms with Gasteiger partial charge in [0, 0.05) is 12.3 Å². The van der Waals surface area contributed by atoms with Crippen molar-refractivity contribution in [2.75, 3.05) is 6.61 Å². The molecule has 9 unspecified atom stereocenters. The third kappa shape index (κ3) is 2.60. The van der Waals surface area contributed by atoms with E-state index < -0.39 is 0 Å². The third-order valence-corrected chi connectivity index (χ3v) is 7.93. The standard InChI is InChI=1S/C22H32O4/c1-11(10-25-14(4)23)8-17-21(26-17)13(3)15-9-18(24)22(5)16-7-6-12(2)19(16)20(15)22/h8,12,15-21,24H,3,6-7,9-10H2,1-2,4-5H3. The molecule has 4 rings (SSSR count). The van der Waals surface area contributed by atoms with Crippen LogP contribution in [0.1, 0.15) is 47.0 Å². The molecule has 144 valence electrons. The van der Waals surface area contributed by atoms with Gasteiger partial charge in [-0.15, -0.1) is 0 Å². The predicted octanol–water partition coefficient (Wildman–Crippen LogP) is 3.50. The van der Waals surface area contributed by atoms with Crippen LogP contribution < -0.4 is 0 Å². The van der Waals surface area contributed by atoms with Gasteiger partial charge in [0.15, 0.2) is 0 Å². The molecule has 0 amide bonds. The van der Waals surface area contributed by atoms with Crippen LogP contribution in [0, 0.1) is 35.0 Å². The minimum atomic E-state index is -0.264. The van der Waals surface area contributed by atoms with Crippen molar-refractivity contribution in [2.24, 2.45) is 35.0 Å². The summed E-state index contributed by atoms with van der Waals surface area (Å²) in [6.45, 7) is 12.8. The maximum Gasteiger partial charge on any atom is 0.302 e. The fourth-order valence-corrected chi connectivity index (χ4v) is 6.60. The molecule has 0 bridgehead atoms. The summed E-state index contributed by atoms with van der Waals surface area (Å²) in [6, 6.07) is 0. The van der Waals surface area contributed by atoms with Crippen molar-refractivity contribution in [3.05, 3.63) is 23.8 Å². The second-order valence-corrected chi connectivity index (χ2v) is 9.38. The number of aliphatic hydroxyl groups excluding tert-OH is 1. The van der Waals surface area contributed by atoms with Crippen molar-refractivity contribution in [1.29, 1.82) is 0 Å². The zero-order valence-corrected chi connectivity index (χ0v) is 16.4. The molecule has 1 N–H and O–H groups in total. The van der Waals surface area contributed by atoms with Crippen LogP contribution >= 0.6 is 0 Å². The zero-order valence-electron chi connectivity index (χ0n) is 16.4.